The average Bonchev–Trinajstić information content (AvgIpc) is 3.42. The fourth-order valence-electron chi connectivity index (χ4n) is 3.39. The standard InChI is InChI=1S/C11H8N4O4.C10H11NO2/c12-9(16)4-1-2-6-5(13-4)3-7(19-6)8-10(17)15-11(18)14-8;1-11-6-7-3-4-8(13-2)5-9(7)10(11)12/h1-3,8H,(H2,12,16)(H2,14,15,17,18);3-5H,6H2,1-2H3. The summed E-state index contributed by atoms with van der Waals surface area (Å²) in [5, 5.41) is 4.50. The molecule has 1 saturated heterocycles. The molecule has 32 heavy (non-hydrogen) atoms. The van der Waals surface area contributed by atoms with Gasteiger partial charge in [-0.3, -0.25) is 19.7 Å². The Morgan fingerprint density at radius 2 is 2.00 bits per heavy atom. The summed E-state index contributed by atoms with van der Waals surface area (Å²) in [5.74, 6) is -0.0977. The van der Waals surface area contributed by atoms with Crippen molar-refractivity contribution in [3.63, 3.8) is 0 Å². The molecule has 0 aliphatic carbocycles. The molecule has 2 aliphatic rings. The number of rotatable bonds is 3. The van der Waals surface area contributed by atoms with Crippen molar-refractivity contribution in [3.05, 3.63) is 59.0 Å². The van der Waals surface area contributed by atoms with E-state index in [1.165, 1.54) is 18.2 Å². The topological polar surface area (TPSA) is 157 Å². The summed E-state index contributed by atoms with van der Waals surface area (Å²) in [5.41, 5.74) is 7.85. The number of pyridine rings is 1. The van der Waals surface area contributed by atoms with E-state index in [0.717, 1.165) is 16.9 Å². The van der Waals surface area contributed by atoms with Gasteiger partial charge in [-0.2, -0.15) is 0 Å². The molecule has 0 saturated carbocycles. The van der Waals surface area contributed by atoms with Gasteiger partial charge in [0.1, 0.15) is 22.7 Å². The summed E-state index contributed by atoms with van der Waals surface area (Å²) in [6, 6.07) is 8.57. The van der Waals surface area contributed by atoms with Crippen molar-refractivity contribution in [3.8, 4) is 5.75 Å². The molecule has 4 heterocycles. The average molecular weight is 437 g/mol. The molecule has 164 valence electrons. The summed E-state index contributed by atoms with van der Waals surface area (Å²) >= 11 is 0. The molecule has 1 fully saturated rings. The van der Waals surface area contributed by atoms with Crippen LogP contribution in [0.5, 0.6) is 5.75 Å². The van der Waals surface area contributed by atoms with Crippen LogP contribution in [0.2, 0.25) is 0 Å². The Bertz CT molecular complexity index is 1270. The third-order valence-electron chi connectivity index (χ3n) is 5.01. The molecule has 11 nitrogen and oxygen atoms in total. The molecule has 5 amide bonds. The van der Waals surface area contributed by atoms with Crippen LogP contribution in [0.4, 0.5) is 4.79 Å². The molecule has 0 spiro atoms. The van der Waals surface area contributed by atoms with E-state index < -0.39 is 23.9 Å². The van der Waals surface area contributed by atoms with Crippen LogP contribution in [-0.2, 0) is 11.3 Å². The lowest BCUT2D eigenvalue weighted by Crippen LogP contribution is -2.22. The predicted molar refractivity (Wildman–Crippen MR) is 111 cm³/mol. The van der Waals surface area contributed by atoms with Gasteiger partial charge in [-0.15, -0.1) is 0 Å². The van der Waals surface area contributed by atoms with Gasteiger partial charge in [0, 0.05) is 25.2 Å². The normalized spacial score (nSPS) is 16.9. The Morgan fingerprint density at radius 3 is 2.66 bits per heavy atom. The van der Waals surface area contributed by atoms with E-state index in [0.29, 0.717) is 17.6 Å². The second-order valence-corrected chi connectivity index (χ2v) is 7.17. The SMILES string of the molecule is COc1ccc2c(c1)C(=O)N(C)C2.NC(=O)c1ccc2oc(C3NC(=O)NC3=O)cc2n1. The molecule has 2 aliphatic heterocycles. The quantitative estimate of drug-likeness (QED) is 0.518. The lowest BCUT2D eigenvalue weighted by Gasteiger charge is -2.04. The minimum absolute atomic E-state index is 0.0777. The summed E-state index contributed by atoms with van der Waals surface area (Å²) in [6.45, 7) is 0.707. The fourth-order valence-corrected chi connectivity index (χ4v) is 3.39. The van der Waals surface area contributed by atoms with Gasteiger partial charge in [-0.25, -0.2) is 9.78 Å². The molecular formula is C21H19N5O6. The second-order valence-electron chi connectivity index (χ2n) is 7.17. The number of urea groups is 1. The van der Waals surface area contributed by atoms with Gasteiger partial charge in [0.05, 0.1) is 7.11 Å². The zero-order valence-electron chi connectivity index (χ0n) is 17.2. The largest absolute Gasteiger partial charge is 0.497 e. The van der Waals surface area contributed by atoms with E-state index in [1.54, 1.807) is 25.1 Å². The first-order chi connectivity index (χ1) is 15.3. The first-order valence-electron chi connectivity index (χ1n) is 9.51. The number of nitrogens with one attached hydrogen (secondary N) is 2. The Morgan fingerprint density at radius 1 is 1.22 bits per heavy atom. The summed E-state index contributed by atoms with van der Waals surface area (Å²) in [4.78, 5) is 50.8. The van der Waals surface area contributed by atoms with Crippen LogP contribution < -0.4 is 21.1 Å². The number of aromatic nitrogens is 1. The van der Waals surface area contributed by atoms with Gasteiger partial charge in [-0.05, 0) is 29.8 Å². The molecule has 2 aromatic heterocycles. The van der Waals surface area contributed by atoms with Crippen molar-refractivity contribution in [2.75, 3.05) is 14.2 Å². The Hall–Kier alpha value is -4.41. The maximum atomic E-state index is 11.5. The third kappa shape index (κ3) is 3.83. The van der Waals surface area contributed by atoms with Gasteiger partial charge < -0.3 is 25.1 Å². The first-order valence-corrected chi connectivity index (χ1v) is 9.51. The lowest BCUT2D eigenvalue weighted by molar-refractivity contribution is -0.120. The van der Waals surface area contributed by atoms with E-state index >= 15 is 0 Å². The minimum atomic E-state index is -0.890. The van der Waals surface area contributed by atoms with Crippen molar-refractivity contribution in [2.45, 2.75) is 12.6 Å². The number of carbonyl (C=O) groups is 4. The number of nitrogens with two attached hydrogens (primary N) is 1. The molecular weight excluding hydrogens is 418 g/mol. The highest BCUT2D eigenvalue weighted by atomic mass is 16.5. The Kier molecular flexibility index (Phi) is 5.23. The Labute approximate surface area is 181 Å². The highest BCUT2D eigenvalue weighted by Crippen LogP contribution is 2.26. The van der Waals surface area contributed by atoms with Crippen LogP contribution in [0.3, 0.4) is 0 Å². The number of methoxy groups -OCH3 is 1. The van der Waals surface area contributed by atoms with Crippen molar-refractivity contribution in [2.24, 2.45) is 5.73 Å². The van der Waals surface area contributed by atoms with E-state index in [1.807, 2.05) is 12.1 Å². The van der Waals surface area contributed by atoms with Crippen LogP contribution in [0.1, 0.15) is 38.2 Å². The minimum Gasteiger partial charge on any atom is -0.497 e. The number of nitrogens with zero attached hydrogens (tertiary/aromatic N) is 2. The number of hydrogen-bond donors (Lipinski definition) is 3. The monoisotopic (exact) mass is 437 g/mol. The number of carbonyl (C=O) groups excluding carboxylic acids is 4. The molecule has 4 N–H and O–H groups in total. The third-order valence-corrected chi connectivity index (χ3v) is 5.01. The number of amides is 5. The molecule has 11 heteroatoms. The van der Waals surface area contributed by atoms with Crippen LogP contribution in [0, 0.1) is 0 Å². The Balaban J connectivity index is 0.000000165. The van der Waals surface area contributed by atoms with Gasteiger partial charge in [0.15, 0.2) is 11.6 Å². The van der Waals surface area contributed by atoms with Crippen molar-refractivity contribution < 1.29 is 28.3 Å². The zero-order chi connectivity index (χ0) is 23.0. The molecule has 3 aromatic rings. The fraction of sp³-hybridized carbons (Fsp3) is 0.190. The number of primary amides is 1. The summed E-state index contributed by atoms with van der Waals surface area (Å²) < 4.78 is 10.5. The number of hydrogen-bond acceptors (Lipinski definition) is 7. The van der Waals surface area contributed by atoms with E-state index in [4.69, 9.17) is 14.9 Å². The van der Waals surface area contributed by atoms with Gasteiger partial charge in [-0.1, -0.05) is 6.07 Å². The van der Waals surface area contributed by atoms with Gasteiger partial charge in [0.2, 0.25) is 0 Å². The lowest BCUT2D eigenvalue weighted by atomic mass is 10.1. The van der Waals surface area contributed by atoms with E-state index in [9.17, 15) is 19.2 Å². The molecule has 0 radical (unpaired) electrons. The van der Waals surface area contributed by atoms with Crippen molar-refractivity contribution in [1.29, 1.82) is 0 Å². The van der Waals surface area contributed by atoms with Gasteiger partial charge in [0.25, 0.3) is 17.7 Å². The van der Waals surface area contributed by atoms with Crippen molar-refractivity contribution >= 4 is 34.9 Å². The first kappa shape index (κ1) is 20.8. The number of fused-ring (bicyclic) bond motifs is 2. The number of ether oxygens (including phenoxy) is 1. The molecule has 1 atom stereocenters. The number of benzene rings is 1. The molecule has 5 rings (SSSR count). The van der Waals surface area contributed by atoms with E-state index in [-0.39, 0.29) is 17.4 Å². The zero-order valence-corrected chi connectivity index (χ0v) is 17.2. The molecule has 0 bridgehead atoms. The highest BCUT2D eigenvalue weighted by Gasteiger charge is 2.33. The van der Waals surface area contributed by atoms with Crippen LogP contribution >= 0.6 is 0 Å². The van der Waals surface area contributed by atoms with Crippen molar-refractivity contribution in [1.82, 2.24) is 20.5 Å². The summed E-state index contributed by atoms with van der Waals surface area (Å²) in [7, 11) is 3.40. The number of furan rings is 1. The molecule has 1 unspecified atom stereocenters. The van der Waals surface area contributed by atoms with Crippen LogP contribution in [0.15, 0.2) is 40.8 Å². The van der Waals surface area contributed by atoms with Crippen LogP contribution in [0.25, 0.3) is 11.1 Å². The molecule has 1 aromatic carbocycles. The maximum Gasteiger partial charge on any atom is 0.322 e. The maximum absolute atomic E-state index is 11.5. The van der Waals surface area contributed by atoms with Gasteiger partial charge >= 0.3 is 6.03 Å². The van der Waals surface area contributed by atoms with Crippen LogP contribution in [-0.4, -0.2) is 47.8 Å². The second kappa shape index (κ2) is 8.02. The highest BCUT2D eigenvalue weighted by molar-refractivity contribution is 6.04. The summed E-state index contributed by atoms with van der Waals surface area (Å²) in [6.07, 6.45) is 0. The predicted octanol–water partition coefficient (Wildman–Crippen LogP) is 1.09. The van der Waals surface area contributed by atoms with E-state index in [2.05, 4.69) is 15.6 Å². The number of imide groups is 1. The smallest absolute Gasteiger partial charge is 0.322 e.